The number of morpholine rings is 1. The highest BCUT2D eigenvalue weighted by Crippen LogP contribution is 2.22. The van der Waals surface area contributed by atoms with Gasteiger partial charge in [0.25, 0.3) is 5.91 Å². The highest BCUT2D eigenvalue weighted by atomic mass is 35.5. The lowest BCUT2D eigenvalue weighted by atomic mass is 10.1. The summed E-state index contributed by atoms with van der Waals surface area (Å²) in [5.74, 6) is -0.566. The number of halogens is 3. The van der Waals surface area contributed by atoms with Crippen molar-refractivity contribution in [1.29, 1.82) is 0 Å². The number of rotatable bonds is 2. The Labute approximate surface area is 114 Å². The van der Waals surface area contributed by atoms with Crippen molar-refractivity contribution in [3.8, 4) is 0 Å². The number of hydrogen-bond acceptors (Lipinski definition) is 2. The lowest BCUT2D eigenvalue weighted by Crippen LogP contribution is -2.46. The number of nitrogens with zero attached hydrogens (tertiary/aromatic N) is 1. The molecule has 0 aliphatic carbocycles. The highest BCUT2D eigenvalue weighted by Gasteiger charge is 2.26. The van der Waals surface area contributed by atoms with E-state index in [1.54, 1.807) is 4.90 Å². The van der Waals surface area contributed by atoms with E-state index in [0.717, 1.165) is 0 Å². The van der Waals surface area contributed by atoms with Gasteiger partial charge in [0.15, 0.2) is 0 Å². The van der Waals surface area contributed by atoms with Gasteiger partial charge in [0.2, 0.25) is 0 Å². The summed E-state index contributed by atoms with van der Waals surface area (Å²) in [4.78, 5) is 13.8. The van der Waals surface area contributed by atoms with E-state index in [9.17, 15) is 9.18 Å². The Morgan fingerprint density at radius 1 is 1.56 bits per heavy atom. The quantitative estimate of drug-likeness (QED) is 0.784. The van der Waals surface area contributed by atoms with Crippen LogP contribution in [0.3, 0.4) is 0 Å². The number of amides is 1. The number of carbonyl (C=O) groups is 1. The predicted molar refractivity (Wildman–Crippen MR) is 67.8 cm³/mol. The van der Waals surface area contributed by atoms with Crippen LogP contribution in [0.15, 0.2) is 18.2 Å². The number of hydrogen-bond donors (Lipinski definition) is 0. The fourth-order valence-electron chi connectivity index (χ4n) is 1.84. The lowest BCUT2D eigenvalue weighted by molar-refractivity contribution is -0.0108. The summed E-state index contributed by atoms with van der Waals surface area (Å²) < 4.78 is 18.7. The molecule has 1 unspecified atom stereocenters. The van der Waals surface area contributed by atoms with Gasteiger partial charge in [0.1, 0.15) is 5.82 Å². The molecule has 0 aromatic heterocycles. The molecular formula is C12H12Cl2FNO2. The van der Waals surface area contributed by atoms with Gasteiger partial charge in [-0.05, 0) is 12.1 Å². The molecule has 1 fully saturated rings. The molecule has 2 rings (SSSR count). The smallest absolute Gasteiger partial charge is 0.255 e. The van der Waals surface area contributed by atoms with Crippen molar-refractivity contribution in [2.24, 2.45) is 0 Å². The topological polar surface area (TPSA) is 29.5 Å². The standard InChI is InChI=1S/C12H12Cl2FNO2/c13-6-8-7-16(4-5-18-8)12(17)9-2-1-3-10(15)11(9)14/h1-3,8H,4-7H2. The fourth-order valence-corrected chi connectivity index (χ4v) is 2.23. The Hall–Kier alpha value is -0.840. The first-order chi connectivity index (χ1) is 8.63. The van der Waals surface area contributed by atoms with E-state index in [4.69, 9.17) is 27.9 Å². The van der Waals surface area contributed by atoms with Gasteiger partial charge >= 0.3 is 0 Å². The Morgan fingerprint density at radius 2 is 2.33 bits per heavy atom. The maximum atomic E-state index is 13.3. The number of ether oxygens (including phenoxy) is 1. The van der Waals surface area contributed by atoms with Crippen molar-refractivity contribution in [2.75, 3.05) is 25.6 Å². The van der Waals surface area contributed by atoms with Crippen molar-refractivity contribution < 1.29 is 13.9 Å². The molecule has 1 aliphatic rings. The summed E-state index contributed by atoms with van der Waals surface area (Å²) in [6.45, 7) is 1.28. The second kappa shape index (κ2) is 5.87. The Morgan fingerprint density at radius 3 is 3.06 bits per heavy atom. The molecule has 1 aromatic carbocycles. The molecule has 3 nitrogen and oxygen atoms in total. The summed E-state index contributed by atoms with van der Waals surface area (Å²) in [5.41, 5.74) is 0.173. The van der Waals surface area contributed by atoms with Crippen LogP contribution in [0, 0.1) is 5.82 Å². The molecule has 1 aromatic rings. The largest absolute Gasteiger partial charge is 0.373 e. The van der Waals surface area contributed by atoms with Gasteiger partial charge in [0.05, 0.1) is 29.2 Å². The molecule has 0 bridgehead atoms. The number of carbonyl (C=O) groups excluding carboxylic acids is 1. The van der Waals surface area contributed by atoms with Crippen molar-refractivity contribution in [3.05, 3.63) is 34.6 Å². The van der Waals surface area contributed by atoms with E-state index in [-0.39, 0.29) is 22.6 Å². The Kier molecular flexibility index (Phi) is 4.43. The fraction of sp³-hybridized carbons (Fsp3) is 0.417. The SMILES string of the molecule is O=C(c1cccc(F)c1Cl)N1CCOC(CCl)C1. The lowest BCUT2D eigenvalue weighted by Gasteiger charge is -2.32. The van der Waals surface area contributed by atoms with E-state index < -0.39 is 5.82 Å². The zero-order chi connectivity index (χ0) is 13.1. The van der Waals surface area contributed by atoms with Crippen LogP contribution in [0.1, 0.15) is 10.4 Å². The van der Waals surface area contributed by atoms with Crippen LogP contribution in [0.5, 0.6) is 0 Å². The molecule has 18 heavy (non-hydrogen) atoms. The van der Waals surface area contributed by atoms with Crippen molar-refractivity contribution in [2.45, 2.75) is 6.10 Å². The van der Waals surface area contributed by atoms with Gasteiger partial charge < -0.3 is 9.64 Å². The van der Waals surface area contributed by atoms with Gasteiger partial charge in [0, 0.05) is 13.1 Å². The third kappa shape index (κ3) is 2.76. The van der Waals surface area contributed by atoms with Crippen LogP contribution < -0.4 is 0 Å². The molecule has 98 valence electrons. The van der Waals surface area contributed by atoms with E-state index in [1.807, 2.05) is 0 Å². The third-order valence-corrected chi connectivity index (χ3v) is 3.51. The van der Waals surface area contributed by atoms with Gasteiger partial charge in [-0.2, -0.15) is 0 Å². The maximum absolute atomic E-state index is 13.3. The molecule has 0 saturated carbocycles. The molecule has 0 N–H and O–H groups in total. The van der Waals surface area contributed by atoms with Crippen LogP contribution in [0.25, 0.3) is 0 Å². The van der Waals surface area contributed by atoms with E-state index in [0.29, 0.717) is 25.6 Å². The number of alkyl halides is 1. The van der Waals surface area contributed by atoms with Crippen LogP contribution >= 0.6 is 23.2 Å². The molecule has 1 heterocycles. The first-order valence-corrected chi connectivity index (χ1v) is 6.45. The van der Waals surface area contributed by atoms with Crippen molar-refractivity contribution in [3.63, 3.8) is 0 Å². The molecule has 1 amide bonds. The van der Waals surface area contributed by atoms with Crippen molar-refractivity contribution >= 4 is 29.1 Å². The van der Waals surface area contributed by atoms with Crippen LogP contribution in [0.4, 0.5) is 4.39 Å². The summed E-state index contributed by atoms with van der Waals surface area (Å²) in [6, 6.07) is 4.20. The van der Waals surface area contributed by atoms with Gasteiger partial charge in [-0.15, -0.1) is 11.6 Å². The minimum Gasteiger partial charge on any atom is -0.373 e. The Balaban J connectivity index is 2.18. The average Bonchev–Trinajstić information content (AvgIpc) is 2.41. The number of benzene rings is 1. The second-order valence-electron chi connectivity index (χ2n) is 4.00. The second-order valence-corrected chi connectivity index (χ2v) is 4.69. The van der Waals surface area contributed by atoms with Crippen LogP contribution in [0.2, 0.25) is 5.02 Å². The summed E-state index contributed by atoms with van der Waals surface area (Å²) >= 11 is 11.5. The molecule has 1 atom stereocenters. The van der Waals surface area contributed by atoms with E-state index >= 15 is 0 Å². The molecule has 1 saturated heterocycles. The van der Waals surface area contributed by atoms with Crippen LogP contribution in [-0.2, 0) is 4.74 Å². The molecule has 6 heteroatoms. The van der Waals surface area contributed by atoms with Gasteiger partial charge in [-0.1, -0.05) is 17.7 Å². The van der Waals surface area contributed by atoms with Gasteiger partial charge in [-0.3, -0.25) is 4.79 Å². The first-order valence-electron chi connectivity index (χ1n) is 5.54. The summed E-state index contributed by atoms with van der Waals surface area (Å²) in [7, 11) is 0. The maximum Gasteiger partial charge on any atom is 0.255 e. The minimum absolute atomic E-state index is 0.142. The molecule has 1 aliphatic heterocycles. The summed E-state index contributed by atoms with van der Waals surface area (Å²) in [5, 5.41) is -0.142. The molecular weight excluding hydrogens is 280 g/mol. The zero-order valence-corrected chi connectivity index (χ0v) is 11.0. The van der Waals surface area contributed by atoms with E-state index in [2.05, 4.69) is 0 Å². The zero-order valence-electron chi connectivity index (χ0n) is 9.54. The van der Waals surface area contributed by atoms with Crippen LogP contribution in [-0.4, -0.2) is 42.5 Å². The minimum atomic E-state index is -0.593. The first kappa shape index (κ1) is 13.6. The average molecular weight is 292 g/mol. The van der Waals surface area contributed by atoms with E-state index in [1.165, 1.54) is 18.2 Å². The highest BCUT2D eigenvalue weighted by molar-refractivity contribution is 6.34. The monoisotopic (exact) mass is 291 g/mol. The molecule has 0 radical (unpaired) electrons. The predicted octanol–water partition coefficient (Wildman–Crippen LogP) is 2.56. The molecule has 0 spiro atoms. The summed E-state index contributed by atoms with van der Waals surface area (Å²) in [6.07, 6.45) is -0.184. The third-order valence-electron chi connectivity index (χ3n) is 2.78. The normalized spacial score (nSPS) is 19.9. The van der Waals surface area contributed by atoms with Gasteiger partial charge in [-0.25, -0.2) is 4.39 Å². The Bertz CT molecular complexity index is 456. The van der Waals surface area contributed by atoms with Crippen molar-refractivity contribution in [1.82, 2.24) is 4.90 Å².